The lowest BCUT2D eigenvalue weighted by Gasteiger charge is -2.17. The summed E-state index contributed by atoms with van der Waals surface area (Å²) in [6.45, 7) is 24.3. The zero-order valence-electron chi connectivity index (χ0n) is 20.4. The Bertz CT molecular complexity index is 860. The van der Waals surface area contributed by atoms with Crippen LogP contribution >= 0.6 is 0 Å². The van der Waals surface area contributed by atoms with E-state index in [0.29, 0.717) is 5.92 Å². The maximum Gasteiger partial charge on any atom is 0.179 e. The van der Waals surface area contributed by atoms with Crippen LogP contribution in [0.1, 0.15) is 88.5 Å². The van der Waals surface area contributed by atoms with Gasteiger partial charge in [-0.2, -0.15) is 0 Å². The van der Waals surface area contributed by atoms with Crippen LogP contribution in [0.2, 0.25) is 0 Å². The maximum atomic E-state index is 2.43. The molecule has 0 bridgehead atoms. The van der Waals surface area contributed by atoms with Crippen LogP contribution in [0.5, 0.6) is 0 Å². The zero-order valence-corrected chi connectivity index (χ0v) is 20.4. The third-order valence-corrected chi connectivity index (χ3v) is 7.63. The molecule has 0 saturated heterocycles. The highest BCUT2D eigenvalue weighted by molar-refractivity contribution is 5.97. The van der Waals surface area contributed by atoms with Gasteiger partial charge < -0.3 is 0 Å². The van der Waals surface area contributed by atoms with E-state index < -0.39 is 0 Å². The van der Waals surface area contributed by atoms with E-state index >= 15 is 0 Å². The molecule has 1 heteroatoms. The third kappa shape index (κ3) is 4.19. The standard InChI is InChI=1S/C27H42N/c1-16(2)25-15-26(23(9)22(25)8)21(7)19(5)17(3)18(4)20(6)24(10)27-13-12-14-28(27)11/h16H,12-15H2,1-11H3/q+1/b18-17+,21-19+,24-20-. The molecule has 0 atom stereocenters. The highest BCUT2D eigenvalue weighted by atomic mass is 15.0. The molecular weight excluding hydrogens is 338 g/mol. The highest BCUT2D eigenvalue weighted by Crippen LogP contribution is 2.40. The average molecular weight is 381 g/mol. The van der Waals surface area contributed by atoms with E-state index in [4.69, 9.17) is 0 Å². The molecule has 0 unspecified atom stereocenters. The summed E-state index contributed by atoms with van der Waals surface area (Å²) in [6, 6.07) is 0. The van der Waals surface area contributed by atoms with Crippen molar-refractivity contribution in [3.05, 3.63) is 55.7 Å². The number of allylic oxidation sites excluding steroid dienone is 10. The van der Waals surface area contributed by atoms with Gasteiger partial charge in [0, 0.05) is 18.4 Å². The number of rotatable bonds is 5. The second-order valence-corrected chi connectivity index (χ2v) is 9.31. The molecule has 0 amide bonds. The Morgan fingerprint density at radius 1 is 0.786 bits per heavy atom. The Kier molecular flexibility index (Phi) is 7.12. The molecule has 28 heavy (non-hydrogen) atoms. The first-order valence-corrected chi connectivity index (χ1v) is 11.0. The summed E-state index contributed by atoms with van der Waals surface area (Å²) in [5.74, 6) is 0.632. The Hall–Kier alpha value is -1.63. The summed E-state index contributed by atoms with van der Waals surface area (Å²) in [4.78, 5) is 0. The maximum absolute atomic E-state index is 2.43. The van der Waals surface area contributed by atoms with Crippen molar-refractivity contribution in [2.45, 2.75) is 88.5 Å². The molecule has 1 heterocycles. The fourth-order valence-electron chi connectivity index (χ4n) is 4.82. The van der Waals surface area contributed by atoms with Crippen molar-refractivity contribution in [1.82, 2.24) is 0 Å². The van der Waals surface area contributed by atoms with Gasteiger partial charge in [-0.1, -0.05) is 19.4 Å². The van der Waals surface area contributed by atoms with Crippen LogP contribution in [0, 0.1) is 5.92 Å². The van der Waals surface area contributed by atoms with Gasteiger partial charge in [0.1, 0.15) is 13.6 Å². The minimum Gasteiger partial charge on any atom is -0.236 e. The third-order valence-electron chi connectivity index (χ3n) is 7.63. The molecule has 1 aliphatic carbocycles. The van der Waals surface area contributed by atoms with Gasteiger partial charge >= 0.3 is 0 Å². The normalized spacial score (nSPS) is 21.0. The summed E-state index contributed by atoms with van der Waals surface area (Å²) >= 11 is 0. The van der Waals surface area contributed by atoms with Crippen molar-refractivity contribution in [1.29, 1.82) is 0 Å². The molecular formula is C27H42N+. The fraction of sp³-hybridized carbons (Fsp3) is 0.593. The minimum absolute atomic E-state index is 0.632. The molecule has 0 aromatic heterocycles. The van der Waals surface area contributed by atoms with E-state index in [9.17, 15) is 0 Å². The largest absolute Gasteiger partial charge is 0.236 e. The monoisotopic (exact) mass is 380 g/mol. The number of hydrogen-bond acceptors (Lipinski definition) is 0. The molecule has 0 aromatic rings. The number of hydrogen-bond donors (Lipinski definition) is 0. The zero-order chi connectivity index (χ0) is 21.3. The summed E-state index contributed by atoms with van der Waals surface area (Å²) < 4.78 is 2.43. The number of nitrogens with zero attached hydrogens (tertiary/aromatic N) is 1. The van der Waals surface area contributed by atoms with E-state index in [2.05, 4.69) is 80.9 Å². The van der Waals surface area contributed by atoms with Gasteiger partial charge in [-0.3, -0.25) is 0 Å². The highest BCUT2D eigenvalue weighted by Gasteiger charge is 2.24. The summed E-state index contributed by atoms with van der Waals surface area (Å²) in [7, 11) is 2.23. The SMILES string of the molecule is CC1=C(/C(C)=C(C)/C(C)=C(C)/C(C)=C(/C)C2=[N+](C)CCC2)CC(C(C)C)=C1C. The topological polar surface area (TPSA) is 3.01 Å². The summed E-state index contributed by atoms with van der Waals surface area (Å²) in [5, 5.41) is 0. The molecule has 0 spiro atoms. The van der Waals surface area contributed by atoms with Crippen LogP contribution in [0.3, 0.4) is 0 Å². The average Bonchev–Trinajstić information content (AvgIpc) is 3.21. The van der Waals surface area contributed by atoms with Crippen LogP contribution in [0.15, 0.2) is 55.7 Å². The molecule has 154 valence electrons. The van der Waals surface area contributed by atoms with E-state index in [-0.39, 0.29) is 0 Å². The van der Waals surface area contributed by atoms with E-state index in [0.717, 1.165) is 6.42 Å². The van der Waals surface area contributed by atoms with E-state index in [1.807, 2.05) is 0 Å². The molecule has 0 N–H and O–H groups in total. The lowest BCUT2D eigenvalue weighted by atomic mass is 9.88. The first kappa shape index (κ1) is 22.7. The molecule has 0 saturated carbocycles. The quantitative estimate of drug-likeness (QED) is 0.342. The van der Waals surface area contributed by atoms with Crippen LogP contribution in [-0.2, 0) is 0 Å². The van der Waals surface area contributed by atoms with Crippen LogP contribution in [0.4, 0.5) is 0 Å². The fourth-order valence-corrected chi connectivity index (χ4v) is 4.82. The molecule has 2 rings (SSSR count). The van der Waals surface area contributed by atoms with Crippen molar-refractivity contribution in [3.8, 4) is 0 Å². The first-order valence-electron chi connectivity index (χ1n) is 11.0. The smallest absolute Gasteiger partial charge is 0.179 e. The van der Waals surface area contributed by atoms with Gasteiger partial charge in [0.15, 0.2) is 5.71 Å². The Balaban J connectivity index is 2.44. The van der Waals surface area contributed by atoms with Crippen molar-refractivity contribution >= 4 is 5.71 Å². The van der Waals surface area contributed by atoms with Gasteiger partial charge in [-0.15, -0.1) is 0 Å². The lowest BCUT2D eigenvalue weighted by Crippen LogP contribution is -2.12. The van der Waals surface area contributed by atoms with Crippen LogP contribution in [0.25, 0.3) is 0 Å². The van der Waals surface area contributed by atoms with Gasteiger partial charge in [0.25, 0.3) is 0 Å². The predicted octanol–water partition coefficient (Wildman–Crippen LogP) is 7.57. The van der Waals surface area contributed by atoms with Gasteiger partial charge in [-0.05, 0) is 112 Å². The molecule has 0 aromatic carbocycles. The molecule has 2 aliphatic rings. The first-order chi connectivity index (χ1) is 13.0. The molecule has 0 radical (unpaired) electrons. The van der Waals surface area contributed by atoms with Crippen LogP contribution < -0.4 is 0 Å². The Labute approximate surface area is 174 Å². The Morgan fingerprint density at radius 2 is 1.32 bits per heavy atom. The van der Waals surface area contributed by atoms with Gasteiger partial charge in [0.05, 0.1) is 0 Å². The van der Waals surface area contributed by atoms with Crippen molar-refractivity contribution < 1.29 is 4.58 Å². The molecule has 1 nitrogen and oxygen atoms in total. The lowest BCUT2D eigenvalue weighted by molar-refractivity contribution is -0.488. The van der Waals surface area contributed by atoms with E-state index in [1.54, 1.807) is 11.1 Å². The second-order valence-electron chi connectivity index (χ2n) is 9.31. The Morgan fingerprint density at radius 3 is 1.75 bits per heavy atom. The van der Waals surface area contributed by atoms with Crippen molar-refractivity contribution in [3.63, 3.8) is 0 Å². The van der Waals surface area contributed by atoms with Crippen LogP contribution in [-0.4, -0.2) is 23.9 Å². The molecule has 1 aliphatic heterocycles. The predicted molar refractivity (Wildman–Crippen MR) is 125 cm³/mol. The second kappa shape index (κ2) is 8.80. The van der Waals surface area contributed by atoms with Gasteiger partial charge in [-0.25, -0.2) is 4.58 Å². The minimum atomic E-state index is 0.632. The molecule has 0 fully saturated rings. The van der Waals surface area contributed by atoms with Gasteiger partial charge in [0.2, 0.25) is 0 Å². The summed E-state index contributed by atoms with van der Waals surface area (Å²) in [6.07, 6.45) is 3.63. The van der Waals surface area contributed by atoms with E-state index in [1.165, 1.54) is 69.7 Å². The summed E-state index contributed by atoms with van der Waals surface area (Å²) in [5.41, 5.74) is 16.4. The van der Waals surface area contributed by atoms with Crippen molar-refractivity contribution in [2.24, 2.45) is 5.92 Å². The van der Waals surface area contributed by atoms with Crippen molar-refractivity contribution in [2.75, 3.05) is 13.6 Å².